The van der Waals surface area contributed by atoms with E-state index in [2.05, 4.69) is 12.2 Å². The largest absolute Gasteiger partial charge is 0.480 e. The van der Waals surface area contributed by atoms with Crippen molar-refractivity contribution >= 4 is 11.9 Å². The average molecular weight is 273 g/mol. The number of hydrogen-bond donors (Lipinski definition) is 2. The van der Waals surface area contributed by atoms with Gasteiger partial charge in [-0.2, -0.15) is 0 Å². The number of carboxylic acid groups (broad SMARTS) is 1. The molecule has 2 atom stereocenters. The van der Waals surface area contributed by atoms with E-state index in [-0.39, 0.29) is 31.8 Å². The monoisotopic (exact) mass is 273 g/mol. The van der Waals surface area contributed by atoms with E-state index in [0.29, 0.717) is 12.5 Å². The van der Waals surface area contributed by atoms with E-state index >= 15 is 0 Å². The molecule has 0 aromatic rings. The molecule has 19 heavy (non-hydrogen) atoms. The minimum absolute atomic E-state index is 0.0634. The van der Waals surface area contributed by atoms with Crippen LogP contribution in [0.3, 0.4) is 0 Å². The van der Waals surface area contributed by atoms with Crippen LogP contribution in [0.1, 0.15) is 32.6 Å². The summed E-state index contributed by atoms with van der Waals surface area (Å²) in [6.45, 7) is 2.37. The van der Waals surface area contributed by atoms with Gasteiger partial charge in [0.25, 0.3) is 0 Å². The number of nitrogens with one attached hydrogen (secondary N) is 1. The Morgan fingerprint density at radius 3 is 2.68 bits per heavy atom. The smallest absolute Gasteiger partial charge is 0.329 e. The van der Waals surface area contributed by atoms with Gasteiger partial charge in [-0.05, 0) is 18.8 Å². The molecule has 1 rings (SSSR count). The van der Waals surface area contributed by atoms with Gasteiger partial charge in [-0.25, -0.2) is 4.79 Å². The Hall–Kier alpha value is -1.14. The van der Waals surface area contributed by atoms with Gasteiger partial charge in [0.1, 0.15) is 13.2 Å². The van der Waals surface area contributed by atoms with Crippen LogP contribution in [0.25, 0.3) is 0 Å². The molecule has 1 saturated carbocycles. The fraction of sp³-hybridized carbons (Fsp3) is 0.846. The highest BCUT2D eigenvalue weighted by molar-refractivity contribution is 5.77. The number of amides is 1. The summed E-state index contributed by atoms with van der Waals surface area (Å²) in [7, 11) is 0. The Labute approximate surface area is 113 Å². The summed E-state index contributed by atoms with van der Waals surface area (Å²) < 4.78 is 10.4. The van der Waals surface area contributed by atoms with Crippen LogP contribution in [0.5, 0.6) is 0 Å². The van der Waals surface area contributed by atoms with Crippen LogP contribution in [0.15, 0.2) is 0 Å². The maximum Gasteiger partial charge on any atom is 0.329 e. The number of hydrogen-bond acceptors (Lipinski definition) is 4. The van der Waals surface area contributed by atoms with Crippen molar-refractivity contribution in [3.63, 3.8) is 0 Å². The minimum atomic E-state index is -1.01. The third kappa shape index (κ3) is 7.12. The zero-order chi connectivity index (χ0) is 14.1. The summed E-state index contributed by atoms with van der Waals surface area (Å²) in [5, 5.41) is 11.0. The van der Waals surface area contributed by atoms with Gasteiger partial charge < -0.3 is 19.9 Å². The molecule has 0 radical (unpaired) electrons. The van der Waals surface area contributed by atoms with Crippen LogP contribution in [0.4, 0.5) is 0 Å². The highest BCUT2D eigenvalue weighted by Gasteiger charge is 2.22. The summed E-state index contributed by atoms with van der Waals surface area (Å²) in [5.74, 6) is -0.682. The van der Waals surface area contributed by atoms with Crippen molar-refractivity contribution in [3.05, 3.63) is 0 Å². The lowest BCUT2D eigenvalue weighted by atomic mass is 9.88. The summed E-state index contributed by atoms with van der Waals surface area (Å²) in [6.07, 6.45) is 4.78. The van der Waals surface area contributed by atoms with Gasteiger partial charge in [0.15, 0.2) is 0 Å². The maximum atomic E-state index is 11.5. The number of rotatable bonds is 8. The molecule has 0 aromatic carbocycles. The van der Waals surface area contributed by atoms with Crippen molar-refractivity contribution in [1.82, 2.24) is 5.32 Å². The molecule has 6 heteroatoms. The summed E-state index contributed by atoms with van der Waals surface area (Å²) in [5.41, 5.74) is 0. The summed E-state index contributed by atoms with van der Waals surface area (Å²) in [6, 6.07) is 0. The van der Waals surface area contributed by atoms with Crippen LogP contribution in [0, 0.1) is 5.92 Å². The number of carboxylic acids is 1. The van der Waals surface area contributed by atoms with Crippen molar-refractivity contribution in [2.75, 3.05) is 26.4 Å². The van der Waals surface area contributed by atoms with Gasteiger partial charge in [-0.3, -0.25) is 4.79 Å². The second-order valence-electron chi connectivity index (χ2n) is 4.91. The van der Waals surface area contributed by atoms with Crippen molar-refractivity contribution < 1.29 is 24.2 Å². The quantitative estimate of drug-likeness (QED) is 0.639. The van der Waals surface area contributed by atoms with Gasteiger partial charge in [0, 0.05) is 6.54 Å². The van der Waals surface area contributed by atoms with Crippen molar-refractivity contribution in [2.45, 2.75) is 38.7 Å². The minimum Gasteiger partial charge on any atom is -0.480 e. The molecule has 0 aromatic heterocycles. The van der Waals surface area contributed by atoms with E-state index in [1.165, 1.54) is 12.8 Å². The molecule has 2 N–H and O–H groups in total. The first-order chi connectivity index (χ1) is 9.09. The van der Waals surface area contributed by atoms with Crippen molar-refractivity contribution in [1.29, 1.82) is 0 Å². The Morgan fingerprint density at radius 2 is 2.00 bits per heavy atom. The summed E-state index contributed by atoms with van der Waals surface area (Å²) >= 11 is 0. The van der Waals surface area contributed by atoms with Gasteiger partial charge in [-0.1, -0.05) is 19.8 Å². The average Bonchev–Trinajstić information content (AvgIpc) is 2.37. The molecule has 1 aliphatic rings. The Kier molecular flexibility index (Phi) is 7.43. The Bertz CT molecular complexity index is 295. The lowest BCUT2D eigenvalue weighted by molar-refractivity contribution is -0.142. The highest BCUT2D eigenvalue weighted by atomic mass is 16.5. The molecular weight excluding hydrogens is 250 g/mol. The fourth-order valence-electron chi connectivity index (χ4n) is 2.19. The molecule has 0 heterocycles. The van der Waals surface area contributed by atoms with Crippen LogP contribution >= 0.6 is 0 Å². The Balaban J connectivity index is 2.02. The van der Waals surface area contributed by atoms with E-state index in [0.717, 1.165) is 12.8 Å². The van der Waals surface area contributed by atoms with Gasteiger partial charge in [0.05, 0.1) is 12.7 Å². The van der Waals surface area contributed by atoms with Crippen molar-refractivity contribution in [2.24, 2.45) is 5.92 Å². The van der Waals surface area contributed by atoms with Crippen LogP contribution in [-0.2, 0) is 19.1 Å². The molecule has 6 nitrogen and oxygen atoms in total. The fourth-order valence-corrected chi connectivity index (χ4v) is 2.19. The molecule has 0 aliphatic heterocycles. The van der Waals surface area contributed by atoms with E-state index < -0.39 is 5.97 Å². The predicted molar refractivity (Wildman–Crippen MR) is 68.8 cm³/mol. The normalized spacial score (nSPS) is 23.0. The number of aliphatic carboxylic acids is 1. The zero-order valence-corrected chi connectivity index (χ0v) is 11.4. The second kappa shape index (κ2) is 8.87. The van der Waals surface area contributed by atoms with Crippen LogP contribution in [-0.4, -0.2) is 49.5 Å². The maximum absolute atomic E-state index is 11.5. The molecule has 0 spiro atoms. The number of carbonyl (C=O) groups is 2. The van der Waals surface area contributed by atoms with E-state index in [1.807, 2.05) is 0 Å². The topological polar surface area (TPSA) is 84.9 Å². The SMILES string of the molecule is CC1CCCCC1OCC(=O)NCCOCC(=O)O. The predicted octanol–water partition coefficient (Wildman–Crippen LogP) is 0.799. The first-order valence-electron chi connectivity index (χ1n) is 6.77. The third-order valence-electron chi connectivity index (χ3n) is 3.26. The van der Waals surface area contributed by atoms with Crippen LogP contribution in [0.2, 0.25) is 0 Å². The standard InChI is InChI=1S/C13H23NO5/c1-10-4-2-3-5-11(10)19-8-12(15)14-6-7-18-9-13(16)17/h10-11H,2-9H2,1H3,(H,14,15)(H,16,17). The first-order valence-corrected chi connectivity index (χ1v) is 6.77. The molecule has 1 aliphatic carbocycles. The molecule has 1 fully saturated rings. The molecule has 0 saturated heterocycles. The lowest BCUT2D eigenvalue weighted by Gasteiger charge is -2.28. The first kappa shape index (κ1) is 15.9. The highest BCUT2D eigenvalue weighted by Crippen LogP contribution is 2.25. The number of carbonyl (C=O) groups excluding carboxylic acids is 1. The van der Waals surface area contributed by atoms with Gasteiger partial charge in [0.2, 0.25) is 5.91 Å². The van der Waals surface area contributed by atoms with Gasteiger partial charge in [-0.15, -0.1) is 0 Å². The van der Waals surface area contributed by atoms with Crippen LogP contribution < -0.4 is 5.32 Å². The molecular formula is C13H23NO5. The number of ether oxygens (including phenoxy) is 2. The van der Waals surface area contributed by atoms with E-state index in [1.54, 1.807) is 0 Å². The molecule has 0 bridgehead atoms. The summed E-state index contributed by atoms with van der Waals surface area (Å²) in [4.78, 5) is 21.7. The lowest BCUT2D eigenvalue weighted by Crippen LogP contribution is -2.34. The van der Waals surface area contributed by atoms with E-state index in [9.17, 15) is 9.59 Å². The molecule has 1 amide bonds. The van der Waals surface area contributed by atoms with E-state index in [4.69, 9.17) is 14.6 Å². The third-order valence-corrected chi connectivity index (χ3v) is 3.26. The van der Waals surface area contributed by atoms with Gasteiger partial charge >= 0.3 is 5.97 Å². The second-order valence-corrected chi connectivity index (χ2v) is 4.91. The Morgan fingerprint density at radius 1 is 1.26 bits per heavy atom. The molecule has 110 valence electrons. The van der Waals surface area contributed by atoms with Crippen molar-refractivity contribution in [3.8, 4) is 0 Å². The zero-order valence-electron chi connectivity index (χ0n) is 11.4. The molecule has 2 unspecified atom stereocenters.